The standard InChI is InChI=1S/C17H19FN2O2/c1-19-17(22)14-5-2-12(3-6-14)9-20-10-13-4-7-16(18)15(8-13)11-21/h2-8,20-21H,9-11H2,1H3,(H,19,22). The van der Waals surface area contributed by atoms with Gasteiger partial charge in [0.15, 0.2) is 0 Å². The van der Waals surface area contributed by atoms with E-state index in [1.807, 2.05) is 12.1 Å². The van der Waals surface area contributed by atoms with Crippen LogP contribution in [-0.2, 0) is 19.7 Å². The largest absolute Gasteiger partial charge is 0.392 e. The molecule has 0 fully saturated rings. The van der Waals surface area contributed by atoms with Crippen LogP contribution in [0.15, 0.2) is 42.5 Å². The lowest BCUT2D eigenvalue weighted by molar-refractivity contribution is 0.0963. The Morgan fingerprint density at radius 2 is 1.73 bits per heavy atom. The van der Waals surface area contributed by atoms with Crippen LogP contribution in [-0.4, -0.2) is 18.1 Å². The molecule has 0 atom stereocenters. The number of rotatable bonds is 6. The maximum atomic E-state index is 13.3. The molecule has 0 unspecified atom stereocenters. The van der Waals surface area contributed by atoms with Crippen molar-refractivity contribution in [1.29, 1.82) is 0 Å². The zero-order valence-corrected chi connectivity index (χ0v) is 12.4. The Morgan fingerprint density at radius 1 is 1.09 bits per heavy atom. The van der Waals surface area contributed by atoms with Crippen LogP contribution in [0.5, 0.6) is 0 Å². The van der Waals surface area contributed by atoms with Gasteiger partial charge in [-0.2, -0.15) is 0 Å². The van der Waals surface area contributed by atoms with Gasteiger partial charge in [0.1, 0.15) is 5.82 Å². The second kappa shape index (κ2) is 7.68. The Morgan fingerprint density at radius 3 is 2.36 bits per heavy atom. The molecule has 0 saturated carbocycles. The summed E-state index contributed by atoms with van der Waals surface area (Å²) in [6, 6.07) is 12.0. The number of carbonyl (C=O) groups is 1. The lowest BCUT2D eigenvalue weighted by Gasteiger charge is -2.08. The van der Waals surface area contributed by atoms with E-state index in [2.05, 4.69) is 10.6 Å². The molecule has 0 spiro atoms. The summed E-state index contributed by atoms with van der Waals surface area (Å²) in [6.07, 6.45) is 0. The fraction of sp³-hybridized carbons (Fsp3) is 0.235. The van der Waals surface area contributed by atoms with Crippen molar-refractivity contribution < 1.29 is 14.3 Å². The summed E-state index contributed by atoms with van der Waals surface area (Å²) in [6.45, 7) is 0.908. The average Bonchev–Trinajstić information content (AvgIpc) is 2.56. The SMILES string of the molecule is CNC(=O)c1ccc(CNCc2ccc(F)c(CO)c2)cc1. The molecule has 3 N–H and O–H groups in total. The van der Waals surface area contributed by atoms with Gasteiger partial charge in [0.2, 0.25) is 0 Å². The molecule has 22 heavy (non-hydrogen) atoms. The molecule has 2 rings (SSSR count). The van der Waals surface area contributed by atoms with Crippen molar-refractivity contribution in [3.05, 3.63) is 70.5 Å². The number of amides is 1. The zero-order valence-electron chi connectivity index (χ0n) is 12.4. The van der Waals surface area contributed by atoms with Crippen molar-refractivity contribution in [3.8, 4) is 0 Å². The number of halogens is 1. The van der Waals surface area contributed by atoms with Gasteiger partial charge in [0.05, 0.1) is 6.61 Å². The Hall–Kier alpha value is -2.24. The number of benzene rings is 2. The molecule has 0 saturated heterocycles. The third-order valence-electron chi connectivity index (χ3n) is 3.38. The summed E-state index contributed by atoms with van der Waals surface area (Å²) in [5, 5.41) is 14.9. The fourth-order valence-electron chi connectivity index (χ4n) is 2.13. The maximum Gasteiger partial charge on any atom is 0.251 e. The van der Waals surface area contributed by atoms with Crippen LogP contribution in [0.1, 0.15) is 27.0 Å². The Labute approximate surface area is 129 Å². The topological polar surface area (TPSA) is 61.4 Å². The molecule has 0 aromatic heterocycles. The van der Waals surface area contributed by atoms with Gasteiger partial charge in [-0.3, -0.25) is 4.79 Å². The fourth-order valence-corrected chi connectivity index (χ4v) is 2.13. The minimum Gasteiger partial charge on any atom is -0.392 e. The highest BCUT2D eigenvalue weighted by molar-refractivity contribution is 5.93. The van der Waals surface area contributed by atoms with Crippen molar-refractivity contribution >= 4 is 5.91 Å². The zero-order chi connectivity index (χ0) is 15.9. The van der Waals surface area contributed by atoms with Gasteiger partial charge in [-0.15, -0.1) is 0 Å². The first-order chi connectivity index (χ1) is 10.6. The van der Waals surface area contributed by atoms with E-state index in [1.54, 1.807) is 31.3 Å². The molecule has 0 aliphatic rings. The van der Waals surface area contributed by atoms with Crippen LogP contribution in [0, 0.1) is 5.82 Å². The van der Waals surface area contributed by atoms with Crippen LogP contribution in [0.4, 0.5) is 4.39 Å². The number of aliphatic hydroxyl groups excluding tert-OH is 1. The van der Waals surface area contributed by atoms with Crippen molar-refractivity contribution in [3.63, 3.8) is 0 Å². The Bertz CT molecular complexity index is 642. The number of hydrogen-bond donors (Lipinski definition) is 3. The molecule has 0 radical (unpaired) electrons. The molecule has 0 aliphatic carbocycles. The molecule has 2 aromatic rings. The minimum atomic E-state index is -0.393. The van der Waals surface area contributed by atoms with E-state index in [-0.39, 0.29) is 12.5 Å². The first kappa shape index (κ1) is 16.1. The predicted octanol–water partition coefficient (Wildman–Crippen LogP) is 1.97. The van der Waals surface area contributed by atoms with E-state index < -0.39 is 5.82 Å². The van der Waals surface area contributed by atoms with E-state index in [4.69, 9.17) is 5.11 Å². The van der Waals surface area contributed by atoms with Crippen molar-refractivity contribution in [1.82, 2.24) is 10.6 Å². The summed E-state index contributed by atoms with van der Waals surface area (Å²) >= 11 is 0. The average molecular weight is 302 g/mol. The first-order valence-electron chi connectivity index (χ1n) is 7.04. The van der Waals surface area contributed by atoms with E-state index >= 15 is 0 Å². The van der Waals surface area contributed by atoms with Crippen molar-refractivity contribution in [2.24, 2.45) is 0 Å². The second-order valence-electron chi connectivity index (χ2n) is 4.96. The van der Waals surface area contributed by atoms with Crippen LogP contribution in [0.25, 0.3) is 0 Å². The maximum absolute atomic E-state index is 13.3. The van der Waals surface area contributed by atoms with Crippen molar-refractivity contribution in [2.45, 2.75) is 19.7 Å². The predicted molar refractivity (Wildman–Crippen MR) is 82.7 cm³/mol. The lowest BCUT2D eigenvalue weighted by Crippen LogP contribution is -2.18. The molecule has 0 bridgehead atoms. The highest BCUT2D eigenvalue weighted by Crippen LogP contribution is 2.11. The summed E-state index contributed by atoms with van der Waals surface area (Å²) in [4.78, 5) is 11.4. The molecule has 4 nitrogen and oxygen atoms in total. The van der Waals surface area contributed by atoms with Crippen LogP contribution < -0.4 is 10.6 Å². The minimum absolute atomic E-state index is 0.109. The van der Waals surface area contributed by atoms with Gasteiger partial charge >= 0.3 is 0 Å². The number of nitrogens with one attached hydrogen (secondary N) is 2. The van der Waals surface area contributed by atoms with Gasteiger partial charge in [0, 0.05) is 31.3 Å². The molecule has 2 aromatic carbocycles. The quantitative estimate of drug-likeness (QED) is 0.764. The number of carbonyl (C=O) groups excluding carboxylic acids is 1. The molecule has 0 aliphatic heterocycles. The van der Waals surface area contributed by atoms with Crippen LogP contribution in [0.2, 0.25) is 0 Å². The normalized spacial score (nSPS) is 10.5. The third-order valence-corrected chi connectivity index (χ3v) is 3.38. The molecule has 0 heterocycles. The van der Waals surface area contributed by atoms with E-state index in [0.29, 0.717) is 24.2 Å². The van der Waals surface area contributed by atoms with E-state index in [1.165, 1.54) is 6.07 Å². The van der Waals surface area contributed by atoms with Gasteiger partial charge in [0.25, 0.3) is 5.91 Å². The summed E-state index contributed by atoms with van der Waals surface area (Å²) < 4.78 is 13.3. The molecular weight excluding hydrogens is 283 g/mol. The highest BCUT2D eigenvalue weighted by Gasteiger charge is 2.04. The third kappa shape index (κ3) is 4.13. The van der Waals surface area contributed by atoms with E-state index in [9.17, 15) is 9.18 Å². The smallest absolute Gasteiger partial charge is 0.251 e. The molecule has 116 valence electrons. The summed E-state index contributed by atoms with van der Waals surface area (Å²) in [7, 11) is 1.60. The van der Waals surface area contributed by atoms with Crippen LogP contribution >= 0.6 is 0 Å². The Kier molecular flexibility index (Phi) is 5.63. The van der Waals surface area contributed by atoms with Gasteiger partial charge in [-0.25, -0.2) is 4.39 Å². The number of hydrogen-bond acceptors (Lipinski definition) is 3. The van der Waals surface area contributed by atoms with Gasteiger partial charge < -0.3 is 15.7 Å². The van der Waals surface area contributed by atoms with Gasteiger partial charge in [-0.05, 0) is 35.4 Å². The van der Waals surface area contributed by atoms with Crippen LogP contribution in [0.3, 0.4) is 0 Å². The molecule has 5 heteroatoms. The monoisotopic (exact) mass is 302 g/mol. The lowest BCUT2D eigenvalue weighted by atomic mass is 10.1. The summed E-state index contributed by atoms with van der Waals surface area (Å²) in [5.74, 6) is -0.501. The number of aliphatic hydroxyl groups is 1. The molecular formula is C17H19FN2O2. The molecule has 1 amide bonds. The van der Waals surface area contributed by atoms with Gasteiger partial charge in [-0.1, -0.05) is 18.2 Å². The summed E-state index contributed by atoms with van der Waals surface area (Å²) in [5.41, 5.74) is 2.89. The highest BCUT2D eigenvalue weighted by atomic mass is 19.1. The Balaban J connectivity index is 1.89. The first-order valence-corrected chi connectivity index (χ1v) is 7.04. The van der Waals surface area contributed by atoms with E-state index in [0.717, 1.165) is 11.1 Å². The van der Waals surface area contributed by atoms with Crippen molar-refractivity contribution in [2.75, 3.05) is 7.05 Å². The second-order valence-corrected chi connectivity index (χ2v) is 4.96.